The molecule has 0 aliphatic carbocycles. The quantitative estimate of drug-likeness (QED) is 0.840. The van der Waals surface area contributed by atoms with Gasteiger partial charge in [0.1, 0.15) is 5.92 Å². The fourth-order valence-electron chi connectivity index (χ4n) is 1.89. The molecule has 2 N–H and O–H groups in total. The van der Waals surface area contributed by atoms with Gasteiger partial charge in [0, 0.05) is 5.39 Å². The van der Waals surface area contributed by atoms with Crippen molar-refractivity contribution < 1.29 is 9.90 Å². The van der Waals surface area contributed by atoms with E-state index >= 15 is 0 Å². The fourth-order valence-corrected chi connectivity index (χ4v) is 1.89. The van der Waals surface area contributed by atoms with E-state index in [0.29, 0.717) is 22.9 Å². The van der Waals surface area contributed by atoms with E-state index in [-0.39, 0.29) is 5.56 Å². The molecule has 0 bridgehead atoms. The van der Waals surface area contributed by atoms with Gasteiger partial charge in [0.05, 0.1) is 11.1 Å². The van der Waals surface area contributed by atoms with Crippen LogP contribution in [0.3, 0.4) is 0 Å². The summed E-state index contributed by atoms with van der Waals surface area (Å²) in [4.78, 5) is 22.7. The summed E-state index contributed by atoms with van der Waals surface area (Å²) < 4.78 is 0. The fraction of sp³-hybridized carbons (Fsp3) is 0.250. The highest BCUT2D eigenvalue weighted by Gasteiger charge is 2.22. The molecule has 1 aromatic heterocycles. The third kappa shape index (κ3) is 1.91. The Morgan fingerprint density at radius 1 is 1.41 bits per heavy atom. The molecule has 0 aliphatic heterocycles. The van der Waals surface area contributed by atoms with Gasteiger partial charge in [-0.05, 0) is 12.5 Å². The van der Waals surface area contributed by atoms with Crippen LogP contribution in [0.5, 0.6) is 0 Å². The minimum absolute atomic E-state index is 0.301. The topological polar surface area (TPSA) is 83.0 Å². The Balaban J connectivity index is 2.74. The number of benzene rings is 1. The molecule has 0 amide bonds. The lowest BCUT2D eigenvalue weighted by atomic mass is 9.98. The molecule has 1 atom stereocenters. The number of hydrogen-bond donors (Lipinski definition) is 2. The molecule has 88 valence electrons. The van der Waals surface area contributed by atoms with E-state index in [0.717, 1.165) is 0 Å². The Hall–Kier alpha value is -2.17. The Morgan fingerprint density at radius 3 is 2.65 bits per heavy atom. The number of aromatic nitrogens is 2. The Bertz CT molecular complexity index is 618. The number of rotatable bonds is 3. The third-order valence-corrected chi connectivity index (χ3v) is 2.76. The minimum atomic E-state index is -0.933. The second-order valence-corrected chi connectivity index (χ2v) is 3.78. The number of nitrogens with zero attached hydrogens (tertiary/aromatic N) is 1. The maximum Gasteiger partial charge on any atom is 0.312 e. The first-order valence-corrected chi connectivity index (χ1v) is 5.35. The summed E-state index contributed by atoms with van der Waals surface area (Å²) in [6.45, 7) is 1.78. The summed E-state index contributed by atoms with van der Waals surface area (Å²) in [7, 11) is 0. The molecule has 0 fully saturated rings. The molecule has 1 unspecified atom stereocenters. The number of H-pyrrole nitrogens is 1. The molecular formula is C12H12N2O3. The first-order chi connectivity index (χ1) is 8.15. The number of aromatic amines is 1. The number of aliphatic carboxylic acids is 1. The van der Waals surface area contributed by atoms with Crippen LogP contribution in [0, 0.1) is 0 Å². The SMILES string of the molecule is CCC(C(=O)O)c1n[nH]c(=O)c2ccccc12. The lowest BCUT2D eigenvalue weighted by molar-refractivity contribution is -0.138. The van der Waals surface area contributed by atoms with E-state index in [1.807, 2.05) is 0 Å². The summed E-state index contributed by atoms with van der Waals surface area (Å²) in [6.07, 6.45) is 0.429. The van der Waals surface area contributed by atoms with Crippen molar-refractivity contribution in [2.45, 2.75) is 19.3 Å². The normalized spacial score (nSPS) is 12.5. The van der Waals surface area contributed by atoms with Crippen LogP contribution in [0.2, 0.25) is 0 Å². The standard InChI is InChI=1S/C12H12N2O3/c1-2-7(12(16)17)10-8-5-3-4-6-9(8)11(15)14-13-10/h3-7H,2H2,1H3,(H,14,15)(H,16,17). The van der Waals surface area contributed by atoms with E-state index in [4.69, 9.17) is 5.11 Å². The van der Waals surface area contributed by atoms with Gasteiger partial charge >= 0.3 is 5.97 Å². The van der Waals surface area contributed by atoms with Gasteiger partial charge in [-0.3, -0.25) is 9.59 Å². The Morgan fingerprint density at radius 2 is 2.06 bits per heavy atom. The molecule has 5 heteroatoms. The molecular weight excluding hydrogens is 220 g/mol. The van der Waals surface area contributed by atoms with Crippen LogP contribution in [0.15, 0.2) is 29.1 Å². The maximum atomic E-state index is 11.5. The molecule has 0 saturated heterocycles. The average Bonchev–Trinajstić information content (AvgIpc) is 2.33. The van der Waals surface area contributed by atoms with Crippen molar-refractivity contribution >= 4 is 16.7 Å². The van der Waals surface area contributed by atoms with Gasteiger partial charge in [-0.25, -0.2) is 5.10 Å². The zero-order valence-electron chi connectivity index (χ0n) is 9.30. The van der Waals surface area contributed by atoms with E-state index in [1.54, 1.807) is 31.2 Å². The highest BCUT2D eigenvalue weighted by atomic mass is 16.4. The first kappa shape index (κ1) is 11.3. The van der Waals surface area contributed by atoms with Crippen LogP contribution in [-0.4, -0.2) is 21.3 Å². The summed E-state index contributed by atoms with van der Waals surface area (Å²) in [5, 5.41) is 16.4. The predicted molar refractivity (Wildman–Crippen MR) is 63.0 cm³/mol. The van der Waals surface area contributed by atoms with Crippen molar-refractivity contribution in [1.29, 1.82) is 0 Å². The van der Waals surface area contributed by atoms with Crippen molar-refractivity contribution in [2.75, 3.05) is 0 Å². The number of carboxylic acids is 1. The molecule has 2 aromatic rings. The van der Waals surface area contributed by atoms with Gasteiger partial charge in [-0.15, -0.1) is 0 Å². The molecule has 1 heterocycles. The second-order valence-electron chi connectivity index (χ2n) is 3.78. The van der Waals surface area contributed by atoms with Gasteiger partial charge in [0.15, 0.2) is 0 Å². The van der Waals surface area contributed by atoms with Crippen LogP contribution in [0.4, 0.5) is 0 Å². The monoisotopic (exact) mass is 232 g/mol. The van der Waals surface area contributed by atoms with Crippen LogP contribution < -0.4 is 5.56 Å². The molecule has 0 radical (unpaired) electrons. The van der Waals surface area contributed by atoms with Crippen LogP contribution >= 0.6 is 0 Å². The summed E-state index contributed by atoms with van der Waals surface area (Å²) in [5.74, 6) is -1.63. The molecule has 0 aliphatic rings. The number of nitrogens with one attached hydrogen (secondary N) is 1. The van der Waals surface area contributed by atoms with E-state index in [1.165, 1.54) is 0 Å². The van der Waals surface area contributed by atoms with Crippen molar-refractivity contribution in [3.05, 3.63) is 40.3 Å². The van der Waals surface area contributed by atoms with Crippen molar-refractivity contribution in [3.63, 3.8) is 0 Å². The zero-order chi connectivity index (χ0) is 12.4. The number of fused-ring (bicyclic) bond motifs is 1. The number of carboxylic acid groups (broad SMARTS) is 1. The Kier molecular flexibility index (Phi) is 2.91. The molecule has 17 heavy (non-hydrogen) atoms. The van der Waals surface area contributed by atoms with Gasteiger partial charge in [0.2, 0.25) is 0 Å². The van der Waals surface area contributed by atoms with Gasteiger partial charge in [0.25, 0.3) is 5.56 Å². The van der Waals surface area contributed by atoms with E-state index in [9.17, 15) is 9.59 Å². The minimum Gasteiger partial charge on any atom is -0.481 e. The third-order valence-electron chi connectivity index (χ3n) is 2.76. The molecule has 0 spiro atoms. The van der Waals surface area contributed by atoms with E-state index in [2.05, 4.69) is 10.2 Å². The van der Waals surface area contributed by atoms with Gasteiger partial charge in [-0.2, -0.15) is 5.10 Å². The number of hydrogen-bond acceptors (Lipinski definition) is 3. The van der Waals surface area contributed by atoms with Crippen molar-refractivity contribution in [1.82, 2.24) is 10.2 Å². The maximum absolute atomic E-state index is 11.5. The Labute approximate surface area is 97.1 Å². The predicted octanol–water partition coefficient (Wildman–Crippen LogP) is 1.50. The van der Waals surface area contributed by atoms with Crippen molar-refractivity contribution in [3.8, 4) is 0 Å². The molecule has 0 saturated carbocycles. The lowest BCUT2D eigenvalue weighted by Gasteiger charge is -2.10. The van der Waals surface area contributed by atoms with Crippen molar-refractivity contribution in [2.24, 2.45) is 0 Å². The first-order valence-electron chi connectivity index (χ1n) is 5.35. The lowest BCUT2D eigenvalue weighted by Crippen LogP contribution is -2.17. The van der Waals surface area contributed by atoms with Gasteiger partial charge in [-0.1, -0.05) is 25.1 Å². The summed E-state index contributed by atoms with van der Waals surface area (Å²) in [5.41, 5.74) is 0.111. The van der Waals surface area contributed by atoms with Crippen LogP contribution in [-0.2, 0) is 4.79 Å². The largest absolute Gasteiger partial charge is 0.481 e. The zero-order valence-corrected chi connectivity index (χ0v) is 9.30. The highest BCUT2D eigenvalue weighted by molar-refractivity contribution is 5.88. The smallest absolute Gasteiger partial charge is 0.312 e. The van der Waals surface area contributed by atoms with E-state index < -0.39 is 11.9 Å². The average molecular weight is 232 g/mol. The molecule has 2 rings (SSSR count). The highest BCUT2D eigenvalue weighted by Crippen LogP contribution is 2.23. The van der Waals surface area contributed by atoms with Crippen LogP contribution in [0.1, 0.15) is 25.0 Å². The van der Waals surface area contributed by atoms with Gasteiger partial charge < -0.3 is 5.11 Å². The summed E-state index contributed by atoms with van der Waals surface area (Å²) >= 11 is 0. The molecule has 1 aromatic carbocycles. The molecule has 5 nitrogen and oxygen atoms in total. The number of carbonyl (C=O) groups is 1. The second kappa shape index (κ2) is 4.37. The van der Waals surface area contributed by atoms with Crippen LogP contribution in [0.25, 0.3) is 10.8 Å². The summed E-state index contributed by atoms with van der Waals surface area (Å²) in [6, 6.07) is 6.89.